The number of carbonyl (C=O) groups excluding carboxylic acids is 1. The molecular formula is C18H14N4O2. The van der Waals surface area contributed by atoms with E-state index in [1.54, 1.807) is 13.0 Å². The minimum atomic E-state index is -0.306. The van der Waals surface area contributed by atoms with Crippen LogP contribution in [0.5, 0.6) is 0 Å². The maximum absolute atomic E-state index is 12.2. The van der Waals surface area contributed by atoms with E-state index in [2.05, 4.69) is 15.5 Å². The molecule has 118 valence electrons. The smallest absolute Gasteiger partial charge is 0.277 e. The second-order valence-corrected chi connectivity index (χ2v) is 5.45. The number of anilines is 1. The molecule has 0 atom stereocenters. The lowest BCUT2D eigenvalue weighted by atomic mass is 10.1. The monoisotopic (exact) mass is 318 g/mol. The number of carbonyl (C=O) groups is 1. The van der Waals surface area contributed by atoms with Gasteiger partial charge in [0.25, 0.3) is 5.91 Å². The molecule has 3 heterocycles. The number of aromatic nitrogens is 3. The Morgan fingerprint density at radius 1 is 1.17 bits per heavy atom. The predicted octanol–water partition coefficient (Wildman–Crippen LogP) is 3.55. The van der Waals surface area contributed by atoms with E-state index in [-0.39, 0.29) is 11.6 Å². The van der Waals surface area contributed by atoms with Crippen molar-refractivity contribution in [3.8, 4) is 11.3 Å². The van der Waals surface area contributed by atoms with Gasteiger partial charge in [-0.3, -0.25) is 4.79 Å². The minimum absolute atomic E-state index is 0.255. The van der Waals surface area contributed by atoms with Gasteiger partial charge in [0.2, 0.25) is 0 Å². The van der Waals surface area contributed by atoms with Crippen LogP contribution in [0.4, 0.5) is 5.69 Å². The third-order valence-electron chi connectivity index (χ3n) is 3.64. The van der Waals surface area contributed by atoms with Crippen molar-refractivity contribution in [3.63, 3.8) is 0 Å². The molecule has 0 saturated heterocycles. The first-order valence-electron chi connectivity index (χ1n) is 7.48. The number of aryl methyl sites for hydroxylation is 1. The van der Waals surface area contributed by atoms with Crippen LogP contribution in [0.3, 0.4) is 0 Å². The molecule has 4 aromatic rings. The van der Waals surface area contributed by atoms with Gasteiger partial charge in [0.1, 0.15) is 11.4 Å². The molecule has 0 aliphatic rings. The summed E-state index contributed by atoms with van der Waals surface area (Å²) in [6, 6.07) is 15.0. The Labute approximate surface area is 137 Å². The van der Waals surface area contributed by atoms with Gasteiger partial charge >= 0.3 is 0 Å². The number of amides is 1. The Morgan fingerprint density at radius 3 is 2.88 bits per heavy atom. The predicted molar refractivity (Wildman–Crippen MR) is 89.8 cm³/mol. The average molecular weight is 318 g/mol. The van der Waals surface area contributed by atoms with Crippen molar-refractivity contribution >= 4 is 17.2 Å². The van der Waals surface area contributed by atoms with Crippen LogP contribution >= 0.6 is 0 Å². The van der Waals surface area contributed by atoms with Gasteiger partial charge in [0.05, 0.1) is 5.69 Å². The van der Waals surface area contributed by atoms with E-state index in [0.717, 1.165) is 16.9 Å². The molecular weight excluding hydrogens is 304 g/mol. The molecule has 1 aromatic carbocycles. The van der Waals surface area contributed by atoms with E-state index >= 15 is 0 Å². The number of hydrogen-bond acceptors (Lipinski definition) is 4. The summed E-state index contributed by atoms with van der Waals surface area (Å²) in [4.78, 5) is 16.8. The molecule has 0 saturated carbocycles. The topological polar surface area (TPSA) is 72.4 Å². The van der Waals surface area contributed by atoms with Crippen molar-refractivity contribution in [3.05, 3.63) is 72.4 Å². The van der Waals surface area contributed by atoms with Crippen molar-refractivity contribution in [2.75, 3.05) is 5.32 Å². The summed E-state index contributed by atoms with van der Waals surface area (Å²) in [7, 11) is 0. The van der Waals surface area contributed by atoms with Crippen molar-refractivity contribution in [2.24, 2.45) is 0 Å². The first-order valence-corrected chi connectivity index (χ1v) is 7.48. The van der Waals surface area contributed by atoms with E-state index in [1.807, 2.05) is 59.3 Å². The number of benzene rings is 1. The van der Waals surface area contributed by atoms with Gasteiger partial charge in [-0.15, -0.1) is 0 Å². The molecule has 0 aliphatic heterocycles. The Morgan fingerprint density at radius 2 is 2.08 bits per heavy atom. The van der Waals surface area contributed by atoms with E-state index < -0.39 is 0 Å². The van der Waals surface area contributed by atoms with Gasteiger partial charge in [-0.1, -0.05) is 23.4 Å². The fourth-order valence-corrected chi connectivity index (χ4v) is 2.50. The highest BCUT2D eigenvalue weighted by atomic mass is 16.5. The fourth-order valence-electron chi connectivity index (χ4n) is 2.50. The fraction of sp³-hybridized carbons (Fsp3) is 0.0556. The zero-order valence-corrected chi connectivity index (χ0v) is 12.9. The standard InChI is InChI=1S/C18H14N4O2/c1-12-9-15(21-24-12)18(23)19-14-6-4-5-13(10-14)16-11-22-8-3-2-7-17(22)20-16/h2-11H,1H3,(H,19,23). The summed E-state index contributed by atoms with van der Waals surface area (Å²) in [5.74, 6) is 0.289. The van der Waals surface area contributed by atoms with Crippen LogP contribution in [0.1, 0.15) is 16.2 Å². The zero-order chi connectivity index (χ0) is 16.5. The van der Waals surface area contributed by atoms with Gasteiger partial charge in [0, 0.05) is 29.7 Å². The molecule has 3 aromatic heterocycles. The van der Waals surface area contributed by atoms with Crippen LogP contribution in [0.25, 0.3) is 16.9 Å². The molecule has 4 rings (SSSR count). The van der Waals surface area contributed by atoms with Crippen molar-refractivity contribution in [1.82, 2.24) is 14.5 Å². The molecule has 1 N–H and O–H groups in total. The first-order chi connectivity index (χ1) is 11.7. The van der Waals surface area contributed by atoms with Crippen LogP contribution in [-0.4, -0.2) is 20.4 Å². The lowest BCUT2D eigenvalue weighted by Gasteiger charge is -2.04. The number of imidazole rings is 1. The highest BCUT2D eigenvalue weighted by Crippen LogP contribution is 2.22. The number of rotatable bonds is 3. The molecule has 0 aliphatic carbocycles. The largest absolute Gasteiger partial charge is 0.361 e. The van der Waals surface area contributed by atoms with Crippen LogP contribution in [-0.2, 0) is 0 Å². The Bertz CT molecular complexity index is 999. The second kappa shape index (κ2) is 5.66. The molecule has 24 heavy (non-hydrogen) atoms. The Balaban J connectivity index is 1.62. The molecule has 0 fully saturated rings. The van der Waals surface area contributed by atoms with E-state index in [0.29, 0.717) is 11.4 Å². The summed E-state index contributed by atoms with van der Waals surface area (Å²) in [5.41, 5.74) is 3.57. The molecule has 0 radical (unpaired) electrons. The molecule has 0 unspecified atom stereocenters. The zero-order valence-electron chi connectivity index (χ0n) is 12.9. The molecule has 6 heteroatoms. The van der Waals surface area contributed by atoms with E-state index in [4.69, 9.17) is 4.52 Å². The molecule has 0 bridgehead atoms. The van der Waals surface area contributed by atoms with Crippen LogP contribution < -0.4 is 5.32 Å². The van der Waals surface area contributed by atoms with Crippen molar-refractivity contribution in [1.29, 1.82) is 0 Å². The van der Waals surface area contributed by atoms with E-state index in [1.165, 1.54) is 0 Å². The summed E-state index contributed by atoms with van der Waals surface area (Å²) < 4.78 is 6.88. The number of pyridine rings is 1. The Hall–Kier alpha value is -3.41. The van der Waals surface area contributed by atoms with Gasteiger partial charge in [-0.25, -0.2) is 4.98 Å². The Kier molecular flexibility index (Phi) is 3.35. The van der Waals surface area contributed by atoms with Crippen LogP contribution in [0, 0.1) is 6.92 Å². The number of hydrogen-bond donors (Lipinski definition) is 1. The molecule has 6 nitrogen and oxygen atoms in total. The SMILES string of the molecule is Cc1cc(C(=O)Nc2cccc(-c3cn4ccccc4n3)c2)no1. The van der Waals surface area contributed by atoms with Gasteiger partial charge in [-0.05, 0) is 31.2 Å². The van der Waals surface area contributed by atoms with Crippen LogP contribution in [0.2, 0.25) is 0 Å². The van der Waals surface area contributed by atoms with Gasteiger partial charge < -0.3 is 14.2 Å². The highest BCUT2D eigenvalue weighted by molar-refractivity contribution is 6.03. The molecule has 1 amide bonds. The van der Waals surface area contributed by atoms with Crippen molar-refractivity contribution < 1.29 is 9.32 Å². The quantitative estimate of drug-likeness (QED) is 0.627. The maximum Gasteiger partial charge on any atom is 0.277 e. The van der Waals surface area contributed by atoms with Crippen LogP contribution in [0.15, 0.2) is 65.4 Å². The average Bonchev–Trinajstić information content (AvgIpc) is 3.21. The summed E-state index contributed by atoms with van der Waals surface area (Å²) in [5, 5.41) is 6.54. The lowest BCUT2D eigenvalue weighted by molar-refractivity contribution is 0.101. The third kappa shape index (κ3) is 2.65. The maximum atomic E-state index is 12.2. The van der Waals surface area contributed by atoms with E-state index in [9.17, 15) is 4.79 Å². The minimum Gasteiger partial charge on any atom is -0.361 e. The third-order valence-corrected chi connectivity index (χ3v) is 3.64. The van der Waals surface area contributed by atoms with Gasteiger partial charge in [0.15, 0.2) is 5.69 Å². The number of nitrogens with zero attached hydrogens (tertiary/aromatic N) is 3. The highest BCUT2D eigenvalue weighted by Gasteiger charge is 2.12. The summed E-state index contributed by atoms with van der Waals surface area (Å²) in [6.45, 7) is 1.74. The van der Waals surface area contributed by atoms with Gasteiger partial charge in [-0.2, -0.15) is 0 Å². The first kappa shape index (κ1) is 14.2. The van der Waals surface area contributed by atoms with Crippen molar-refractivity contribution in [2.45, 2.75) is 6.92 Å². The molecule has 0 spiro atoms. The summed E-state index contributed by atoms with van der Waals surface area (Å²) in [6.07, 6.45) is 3.90. The number of fused-ring (bicyclic) bond motifs is 1. The lowest BCUT2D eigenvalue weighted by Crippen LogP contribution is -2.12. The number of nitrogens with one attached hydrogen (secondary N) is 1. The summed E-state index contributed by atoms with van der Waals surface area (Å²) >= 11 is 0. The normalized spacial score (nSPS) is 10.9. The second-order valence-electron chi connectivity index (χ2n) is 5.45.